The molecule has 2 aromatic rings. The van der Waals surface area contributed by atoms with E-state index in [-0.39, 0.29) is 17.3 Å². The van der Waals surface area contributed by atoms with Crippen LogP contribution >= 0.6 is 0 Å². The molecule has 2 aromatic carbocycles. The van der Waals surface area contributed by atoms with E-state index in [1.54, 1.807) is 18.2 Å². The number of aliphatic hydroxyl groups is 1. The van der Waals surface area contributed by atoms with Gasteiger partial charge in [-0.15, -0.1) is 0 Å². The fourth-order valence-electron chi connectivity index (χ4n) is 5.32. The minimum atomic E-state index is -3.58. The largest absolute Gasteiger partial charge is 0.486 e. The van der Waals surface area contributed by atoms with E-state index in [1.807, 2.05) is 35.2 Å². The maximum Gasteiger partial charge on any atom is 0.243 e. The first-order chi connectivity index (χ1) is 18.3. The molecule has 9 heteroatoms. The molecule has 2 fully saturated rings. The molecule has 208 valence electrons. The number of nitrogens with one attached hydrogen (secondary N) is 1. The van der Waals surface area contributed by atoms with Gasteiger partial charge in [0.2, 0.25) is 15.9 Å². The molecule has 1 amide bonds. The van der Waals surface area contributed by atoms with Gasteiger partial charge in [0.15, 0.2) is 0 Å². The van der Waals surface area contributed by atoms with Crippen LogP contribution in [0.15, 0.2) is 59.5 Å². The normalized spacial score (nSPS) is 23.2. The van der Waals surface area contributed by atoms with Crippen LogP contribution in [0.5, 0.6) is 5.75 Å². The number of carbonyl (C=O) groups excluding carboxylic acids is 1. The molecule has 0 bridgehead atoms. The average Bonchev–Trinajstić information content (AvgIpc) is 2.92. The quantitative estimate of drug-likeness (QED) is 0.411. The van der Waals surface area contributed by atoms with E-state index in [1.165, 1.54) is 10.4 Å². The molecule has 38 heavy (non-hydrogen) atoms. The Kier molecular flexibility index (Phi) is 9.81. The van der Waals surface area contributed by atoms with Gasteiger partial charge in [0, 0.05) is 31.9 Å². The number of benzene rings is 2. The van der Waals surface area contributed by atoms with Crippen molar-refractivity contribution in [2.24, 2.45) is 0 Å². The molecule has 2 atom stereocenters. The third-order valence-electron chi connectivity index (χ3n) is 7.56. The zero-order chi connectivity index (χ0) is 27.0. The molecule has 8 nitrogen and oxygen atoms in total. The number of likely N-dealkylation sites (tertiary alicyclic amines) is 1. The molecule has 2 aliphatic rings. The molecule has 2 saturated heterocycles. The minimum absolute atomic E-state index is 0.128. The van der Waals surface area contributed by atoms with Crippen molar-refractivity contribution in [2.45, 2.75) is 74.9 Å². The summed E-state index contributed by atoms with van der Waals surface area (Å²) in [5, 5.41) is 14.4. The van der Waals surface area contributed by atoms with Crippen LogP contribution in [0.4, 0.5) is 5.69 Å². The molecular weight excluding hydrogens is 502 g/mol. The molecule has 0 aliphatic carbocycles. The van der Waals surface area contributed by atoms with Crippen molar-refractivity contribution in [3.8, 4) is 5.75 Å². The van der Waals surface area contributed by atoms with Gasteiger partial charge in [-0.1, -0.05) is 56.9 Å². The Morgan fingerprint density at radius 1 is 1.05 bits per heavy atom. The number of piperidine rings is 2. The lowest BCUT2D eigenvalue weighted by atomic mass is 9.83. The van der Waals surface area contributed by atoms with Crippen LogP contribution in [0.2, 0.25) is 0 Å². The van der Waals surface area contributed by atoms with E-state index in [0.29, 0.717) is 50.5 Å². The SMILES string of the molecule is CCCCC[C@]1(O)CCN(CC(=O)Nc2cccc(S(=O)(=O)N3CCCCC3)c2)C[C@@H]1Oc1ccccc1. The molecule has 2 N–H and O–H groups in total. The summed E-state index contributed by atoms with van der Waals surface area (Å²) in [4.78, 5) is 15.2. The van der Waals surface area contributed by atoms with Gasteiger partial charge in [0.25, 0.3) is 0 Å². The third kappa shape index (κ3) is 7.34. The van der Waals surface area contributed by atoms with Crippen molar-refractivity contribution in [2.75, 3.05) is 38.0 Å². The minimum Gasteiger partial charge on any atom is -0.486 e. The van der Waals surface area contributed by atoms with Gasteiger partial charge in [-0.3, -0.25) is 9.69 Å². The topological polar surface area (TPSA) is 99.2 Å². The van der Waals surface area contributed by atoms with Gasteiger partial charge in [0.05, 0.1) is 11.4 Å². The summed E-state index contributed by atoms with van der Waals surface area (Å²) in [6, 6.07) is 16.0. The van der Waals surface area contributed by atoms with Gasteiger partial charge in [0.1, 0.15) is 17.5 Å². The Morgan fingerprint density at radius 2 is 1.82 bits per heavy atom. The van der Waals surface area contributed by atoms with Gasteiger partial charge in [-0.2, -0.15) is 4.31 Å². The highest BCUT2D eigenvalue weighted by Crippen LogP contribution is 2.32. The number of rotatable bonds is 11. The zero-order valence-corrected chi connectivity index (χ0v) is 23.2. The second-order valence-electron chi connectivity index (χ2n) is 10.5. The van der Waals surface area contributed by atoms with Crippen molar-refractivity contribution in [1.82, 2.24) is 9.21 Å². The Hall–Kier alpha value is -2.46. The molecule has 0 spiro atoms. The number of sulfonamides is 1. The van der Waals surface area contributed by atoms with Crippen molar-refractivity contribution in [3.63, 3.8) is 0 Å². The molecule has 2 heterocycles. The van der Waals surface area contributed by atoms with E-state index < -0.39 is 21.7 Å². The van der Waals surface area contributed by atoms with Crippen LogP contribution in [0.3, 0.4) is 0 Å². The smallest absolute Gasteiger partial charge is 0.243 e. The molecule has 4 rings (SSSR count). The first-order valence-corrected chi connectivity index (χ1v) is 15.3. The summed E-state index contributed by atoms with van der Waals surface area (Å²) in [6.07, 6.45) is 6.57. The van der Waals surface area contributed by atoms with Crippen LogP contribution in [-0.4, -0.2) is 73.1 Å². The van der Waals surface area contributed by atoms with E-state index in [9.17, 15) is 18.3 Å². The first kappa shape index (κ1) is 28.5. The van der Waals surface area contributed by atoms with Crippen LogP contribution in [0.25, 0.3) is 0 Å². The van der Waals surface area contributed by atoms with Crippen LogP contribution in [0.1, 0.15) is 58.3 Å². The highest BCUT2D eigenvalue weighted by Gasteiger charge is 2.43. The number of hydrogen-bond donors (Lipinski definition) is 2. The number of amides is 1. The Labute approximate surface area is 227 Å². The maximum absolute atomic E-state index is 13.1. The predicted octanol–water partition coefficient (Wildman–Crippen LogP) is 4.26. The van der Waals surface area contributed by atoms with Crippen molar-refractivity contribution in [3.05, 3.63) is 54.6 Å². The Bertz CT molecular complexity index is 1150. The van der Waals surface area contributed by atoms with Crippen LogP contribution < -0.4 is 10.1 Å². The lowest BCUT2D eigenvalue weighted by molar-refractivity contribution is -0.127. The standard InChI is InChI=1S/C29H41N3O5S/c1-2-3-8-16-29(34)17-20-31(22-27(29)37-25-13-6-4-7-14-25)23-28(33)30-24-12-11-15-26(21-24)38(35,36)32-18-9-5-10-19-32/h4,6-7,11-15,21,27,34H,2-3,5,8-10,16-20,22-23H2,1H3,(H,30,33)/t27-,29-/m0/s1. The highest BCUT2D eigenvalue weighted by molar-refractivity contribution is 7.89. The Morgan fingerprint density at radius 3 is 2.55 bits per heavy atom. The highest BCUT2D eigenvalue weighted by atomic mass is 32.2. The summed E-state index contributed by atoms with van der Waals surface area (Å²) < 4.78 is 33.9. The molecule has 0 radical (unpaired) electrons. The van der Waals surface area contributed by atoms with Crippen molar-refractivity contribution >= 4 is 21.6 Å². The van der Waals surface area contributed by atoms with E-state index in [0.717, 1.165) is 38.5 Å². The monoisotopic (exact) mass is 543 g/mol. The molecular formula is C29H41N3O5S. The number of para-hydroxylation sites is 1. The zero-order valence-electron chi connectivity index (χ0n) is 22.3. The fraction of sp³-hybridized carbons (Fsp3) is 0.552. The number of carbonyl (C=O) groups is 1. The summed E-state index contributed by atoms with van der Waals surface area (Å²) >= 11 is 0. The number of nitrogens with zero attached hydrogens (tertiary/aromatic N) is 2. The van der Waals surface area contributed by atoms with Gasteiger partial charge >= 0.3 is 0 Å². The summed E-state index contributed by atoms with van der Waals surface area (Å²) in [7, 11) is -3.58. The molecule has 2 aliphatic heterocycles. The fourth-order valence-corrected chi connectivity index (χ4v) is 6.89. The second kappa shape index (κ2) is 13.1. The maximum atomic E-state index is 13.1. The number of hydrogen-bond acceptors (Lipinski definition) is 6. The average molecular weight is 544 g/mol. The molecule has 0 aromatic heterocycles. The van der Waals surface area contributed by atoms with Crippen molar-refractivity contribution < 1.29 is 23.1 Å². The number of ether oxygens (including phenoxy) is 1. The Balaban J connectivity index is 1.39. The number of anilines is 1. The van der Waals surface area contributed by atoms with Crippen LogP contribution in [-0.2, 0) is 14.8 Å². The first-order valence-electron chi connectivity index (χ1n) is 13.9. The summed E-state index contributed by atoms with van der Waals surface area (Å²) in [5.74, 6) is 0.469. The van der Waals surface area contributed by atoms with E-state index >= 15 is 0 Å². The van der Waals surface area contributed by atoms with E-state index in [4.69, 9.17) is 4.74 Å². The predicted molar refractivity (Wildman–Crippen MR) is 149 cm³/mol. The molecule has 0 unspecified atom stereocenters. The van der Waals surface area contributed by atoms with Gasteiger partial charge < -0.3 is 15.2 Å². The lowest BCUT2D eigenvalue weighted by Crippen LogP contribution is -2.58. The summed E-state index contributed by atoms with van der Waals surface area (Å²) in [6.45, 7) is 4.34. The van der Waals surface area contributed by atoms with Crippen LogP contribution in [0, 0.1) is 0 Å². The third-order valence-corrected chi connectivity index (χ3v) is 9.45. The van der Waals surface area contributed by atoms with Gasteiger partial charge in [-0.05, 0) is 56.0 Å². The summed E-state index contributed by atoms with van der Waals surface area (Å²) in [5.41, 5.74) is -0.493. The van der Waals surface area contributed by atoms with Gasteiger partial charge in [-0.25, -0.2) is 8.42 Å². The van der Waals surface area contributed by atoms with Crippen molar-refractivity contribution in [1.29, 1.82) is 0 Å². The molecule has 0 saturated carbocycles. The lowest BCUT2D eigenvalue weighted by Gasteiger charge is -2.44. The number of unbranched alkanes of at least 4 members (excludes halogenated alkanes) is 2. The second-order valence-corrected chi connectivity index (χ2v) is 12.4. The van der Waals surface area contributed by atoms with E-state index in [2.05, 4.69) is 12.2 Å².